The maximum absolute atomic E-state index is 2.50. The molecule has 0 saturated carbocycles. The highest BCUT2D eigenvalue weighted by Crippen LogP contribution is 2.27. The fraction of sp³-hybridized carbons (Fsp3) is 1.00. The van der Waals surface area contributed by atoms with Crippen molar-refractivity contribution in [1.29, 1.82) is 0 Å². The van der Waals surface area contributed by atoms with Crippen molar-refractivity contribution in [3.63, 3.8) is 0 Å². The first-order chi connectivity index (χ1) is 9.26. The van der Waals surface area contributed by atoms with Crippen LogP contribution in [0.1, 0.15) is 91.9 Å². The van der Waals surface area contributed by atoms with Gasteiger partial charge < -0.3 is 0 Å². The Balaban J connectivity index is 3.72. The van der Waals surface area contributed by atoms with Crippen LogP contribution in [0.2, 0.25) is 0 Å². The molecule has 0 aromatic heterocycles. The lowest BCUT2D eigenvalue weighted by molar-refractivity contribution is 0.324. The van der Waals surface area contributed by atoms with E-state index >= 15 is 0 Å². The first-order valence-electron chi connectivity index (χ1n) is 8.83. The SMILES string of the molecule is CCCCCCSCC(C)C(CCCC)CCCC. The summed E-state index contributed by atoms with van der Waals surface area (Å²) in [5, 5.41) is 0. The van der Waals surface area contributed by atoms with Crippen LogP contribution in [-0.2, 0) is 0 Å². The Morgan fingerprint density at radius 3 is 1.84 bits per heavy atom. The second-order valence-corrected chi connectivity index (χ2v) is 7.31. The van der Waals surface area contributed by atoms with Crippen LogP contribution in [0.3, 0.4) is 0 Å². The Morgan fingerprint density at radius 2 is 1.32 bits per heavy atom. The fourth-order valence-electron chi connectivity index (χ4n) is 2.68. The minimum absolute atomic E-state index is 0.925. The van der Waals surface area contributed by atoms with Gasteiger partial charge in [0.25, 0.3) is 0 Å². The first-order valence-corrected chi connectivity index (χ1v) is 9.99. The van der Waals surface area contributed by atoms with Crippen LogP contribution in [-0.4, -0.2) is 11.5 Å². The van der Waals surface area contributed by atoms with Crippen LogP contribution in [0.4, 0.5) is 0 Å². The molecule has 0 bridgehead atoms. The Kier molecular flexibility index (Phi) is 15.0. The Hall–Kier alpha value is 0.350. The maximum atomic E-state index is 2.50. The van der Waals surface area contributed by atoms with E-state index in [1.165, 1.54) is 75.7 Å². The van der Waals surface area contributed by atoms with Gasteiger partial charge in [0, 0.05) is 0 Å². The van der Waals surface area contributed by atoms with E-state index in [1.54, 1.807) is 0 Å². The van der Waals surface area contributed by atoms with Gasteiger partial charge in [0.05, 0.1) is 0 Å². The zero-order chi connectivity index (χ0) is 14.3. The van der Waals surface area contributed by atoms with E-state index in [-0.39, 0.29) is 0 Å². The summed E-state index contributed by atoms with van der Waals surface area (Å²) in [6.45, 7) is 9.43. The van der Waals surface area contributed by atoms with Gasteiger partial charge in [-0.15, -0.1) is 0 Å². The van der Waals surface area contributed by atoms with Crippen LogP contribution in [0.25, 0.3) is 0 Å². The van der Waals surface area contributed by atoms with Gasteiger partial charge in [-0.25, -0.2) is 0 Å². The van der Waals surface area contributed by atoms with E-state index in [9.17, 15) is 0 Å². The average Bonchev–Trinajstić information content (AvgIpc) is 2.42. The minimum atomic E-state index is 0.925. The predicted molar refractivity (Wildman–Crippen MR) is 93.2 cm³/mol. The molecule has 0 aromatic carbocycles. The van der Waals surface area contributed by atoms with Crippen LogP contribution in [0, 0.1) is 11.8 Å². The highest BCUT2D eigenvalue weighted by Gasteiger charge is 2.16. The van der Waals surface area contributed by atoms with E-state index in [2.05, 4.69) is 39.5 Å². The van der Waals surface area contributed by atoms with Crippen LogP contribution in [0.15, 0.2) is 0 Å². The van der Waals surface area contributed by atoms with Crippen molar-refractivity contribution >= 4 is 11.8 Å². The second kappa shape index (κ2) is 14.8. The number of hydrogen-bond acceptors (Lipinski definition) is 1. The molecule has 1 atom stereocenters. The summed E-state index contributed by atoms with van der Waals surface area (Å²) in [7, 11) is 0. The van der Waals surface area contributed by atoms with Crippen molar-refractivity contribution in [2.45, 2.75) is 91.9 Å². The van der Waals surface area contributed by atoms with E-state index in [1.807, 2.05) is 0 Å². The zero-order valence-corrected chi connectivity index (χ0v) is 14.9. The van der Waals surface area contributed by atoms with Crippen LogP contribution >= 0.6 is 11.8 Å². The van der Waals surface area contributed by atoms with Gasteiger partial charge in [0.1, 0.15) is 0 Å². The summed E-state index contributed by atoms with van der Waals surface area (Å²) >= 11 is 2.21. The molecule has 0 aliphatic heterocycles. The van der Waals surface area contributed by atoms with E-state index in [0.717, 1.165) is 11.8 Å². The second-order valence-electron chi connectivity index (χ2n) is 6.16. The number of hydrogen-bond donors (Lipinski definition) is 0. The molecule has 0 radical (unpaired) electrons. The van der Waals surface area contributed by atoms with Crippen molar-refractivity contribution in [3.05, 3.63) is 0 Å². The molecule has 0 aliphatic rings. The lowest BCUT2D eigenvalue weighted by Gasteiger charge is -2.23. The third-order valence-corrected chi connectivity index (χ3v) is 5.52. The van der Waals surface area contributed by atoms with Crippen molar-refractivity contribution in [2.75, 3.05) is 11.5 Å². The fourth-order valence-corrected chi connectivity index (χ4v) is 3.90. The smallest absolute Gasteiger partial charge is 0.00391 e. The summed E-state index contributed by atoms with van der Waals surface area (Å²) in [6, 6.07) is 0. The molecule has 19 heavy (non-hydrogen) atoms. The molecule has 116 valence electrons. The number of thioether (sulfide) groups is 1. The standard InChI is InChI=1S/C18H38S/c1-5-8-11-12-15-19-16-17(4)18(13-9-6-2)14-10-7-3/h17-18H,5-16H2,1-4H3. The largest absolute Gasteiger partial charge is 0.162 e. The first kappa shape index (κ1) is 19.4. The summed E-state index contributed by atoms with van der Waals surface area (Å²) < 4.78 is 0. The lowest BCUT2D eigenvalue weighted by atomic mass is 9.86. The van der Waals surface area contributed by atoms with E-state index in [4.69, 9.17) is 0 Å². The maximum Gasteiger partial charge on any atom is -0.00391 e. The van der Waals surface area contributed by atoms with Gasteiger partial charge in [0.2, 0.25) is 0 Å². The minimum Gasteiger partial charge on any atom is -0.162 e. The Bertz CT molecular complexity index is 159. The normalized spacial score (nSPS) is 13.1. The highest BCUT2D eigenvalue weighted by molar-refractivity contribution is 7.99. The summed E-state index contributed by atoms with van der Waals surface area (Å²) in [5.74, 6) is 4.69. The molecule has 0 nitrogen and oxygen atoms in total. The van der Waals surface area contributed by atoms with Gasteiger partial charge >= 0.3 is 0 Å². The molecule has 0 aliphatic carbocycles. The Morgan fingerprint density at radius 1 is 0.737 bits per heavy atom. The molecular formula is C18H38S. The van der Waals surface area contributed by atoms with E-state index < -0.39 is 0 Å². The molecule has 0 heterocycles. The predicted octanol–water partition coefficient (Wildman–Crippen LogP) is 6.93. The lowest BCUT2D eigenvalue weighted by Crippen LogP contribution is -2.14. The zero-order valence-electron chi connectivity index (χ0n) is 14.0. The quantitative estimate of drug-likeness (QED) is 0.312. The van der Waals surface area contributed by atoms with Gasteiger partial charge in [-0.2, -0.15) is 11.8 Å². The van der Waals surface area contributed by atoms with Crippen molar-refractivity contribution in [3.8, 4) is 0 Å². The molecule has 0 rings (SSSR count). The molecule has 0 amide bonds. The Labute approximate surface area is 127 Å². The molecule has 0 N–H and O–H groups in total. The van der Waals surface area contributed by atoms with Gasteiger partial charge in [0.15, 0.2) is 0 Å². The van der Waals surface area contributed by atoms with Crippen LogP contribution in [0.5, 0.6) is 0 Å². The van der Waals surface area contributed by atoms with Crippen molar-refractivity contribution in [1.82, 2.24) is 0 Å². The van der Waals surface area contributed by atoms with E-state index in [0.29, 0.717) is 0 Å². The summed E-state index contributed by atoms with van der Waals surface area (Å²) in [4.78, 5) is 0. The third-order valence-electron chi connectivity index (χ3n) is 4.18. The molecule has 0 fully saturated rings. The molecule has 0 saturated heterocycles. The highest BCUT2D eigenvalue weighted by atomic mass is 32.2. The summed E-state index contributed by atoms with van der Waals surface area (Å²) in [6.07, 6.45) is 14.2. The number of unbranched alkanes of at least 4 members (excludes halogenated alkanes) is 5. The molecule has 0 aromatic rings. The molecule has 1 heteroatoms. The van der Waals surface area contributed by atoms with Gasteiger partial charge in [-0.1, -0.05) is 85.5 Å². The third kappa shape index (κ3) is 11.8. The number of rotatable bonds is 14. The van der Waals surface area contributed by atoms with Crippen LogP contribution < -0.4 is 0 Å². The van der Waals surface area contributed by atoms with Gasteiger partial charge in [-0.05, 0) is 29.8 Å². The monoisotopic (exact) mass is 286 g/mol. The van der Waals surface area contributed by atoms with Crippen molar-refractivity contribution in [2.24, 2.45) is 11.8 Å². The average molecular weight is 287 g/mol. The topological polar surface area (TPSA) is 0 Å². The van der Waals surface area contributed by atoms with Gasteiger partial charge in [-0.3, -0.25) is 0 Å². The summed E-state index contributed by atoms with van der Waals surface area (Å²) in [5.41, 5.74) is 0. The van der Waals surface area contributed by atoms with Crippen molar-refractivity contribution < 1.29 is 0 Å². The molecular weight excluding hydrogens is 248 g/mol. The molecule has 0 spiro atoms. The molecule has 1 unspecified atom stereocenters.